The van der Waals surface area contributed by atoms with E-state index in [1.54, 1.807) is 42.5 Å². The lowest BCUT2D eigenvalue weighted by molar-refractivity contribution is -0.114. The van der Waals surface area contributed by atoms with Crippen molar-refractivity contribution in [2.24, 2.45) is 0 Å². The first-order valence-electron chi connectivity index (χ1n) is 7.21. The zero-order chi connectivity index (χ0) is 16.2. The van der Waals surface area contributed by atoms with E-state index in [9.17, 15) is 9.59 Å². The first-order valence-corrected chi connectivity index (χ1v) is 7.21. The van der Waals surface area contributed by atoms with Gasteiger partial charge in [0.2, 0.25) is 5.91 Å². The summed E-state index contributed by atoms with van der Waals surface area (Å²) in [4.78, 5) is 23.4. The minimum atomic E-state index is -0.278. The van der Waals surface area contributed by atoms with Gasteiger partial charge in [-0.05, 0) is 36.4 Å². The van der Waals surface area contributed by atoms with Crippen molar-refractivity contribution in [3.8, 4) is 11.5 Å². The Morgan fingerprint density at radius 2 is 1.57 bits per heavy atom. The molecule has 2 amide bonds. The Balaban J connectivity index is 1.76. The van der Waals surface area contributed by atoms with Crippen LogP contribution in [-0.4, -0.2) is 25.0 Å². The maximum Gasteiger partial charge on any atom is 0.259 e. The van der Waals surface area contributed by atoms with E-state index in [2.05, 4.69) is 10.6 Å². The molecule has 0 atom stereocenters. The molecule has 6 nitrogen and oxygen atoms in total. The molecule has 2 N–H and O–H groups in total. The highest BCUT2D eigenvalue weighted by molar-refractivity contribution is 6.06. The molecule has 1 aliphatic rings. The summed E-state index contributed by atoms with van der Waals surface area (Å²) in [5.74, 6) is 0.616. The molecular formula is C17H16N2O4. The first-order chi connectivity index (χ1) is 11.1. The number of ether oxygens (including phenoxy) is 2. The largest absolute Gasteiger partial charge is 0.486 e. The summed E-state index contributed by atoms with van der Waals surface area (Å²) in [5, 5.41) is 5.47. The van der Waals surface area contributed by atoms with E-state index in [1.807, 2.05) is 0 Å². The molecule has 23 heavy (non-hydrogen) atoms. The molecule has 3 rings (SSSR count). The lowest BCUT2D eigenvalue weighted by Crippen LogP contribution is -2.20. The summed E-state index contributed by atoms with van der Waals surface area (Å²) in [6.45, 7) is 2.34. The SMILES string of the molecule is CC(=O)Nc1ccc(NC(=O)c2cccc3c2OCCO3)cc1. The molecule has 1 aliphatic heterocycles. The molecule has 6 heteroatoms. The Morgan fingerprint density at radius 1 is 0.913 bits per heavy atom. The Labute approximate surface area is 133 Å². The minimum absolute atomic E-state index is 0.144. The number of rotatable bonds is 3. The summed E-state index contributed by atoms with van der Waals surface area (Å²) in [6.07, 6.45) is 0. The van der Waals surface area contributed by atoms with E-state index in [0.717, 1.165) is 0 Å². The summed E-state index contributed by atoms with van der Waals surface area (Å²) in [7, 11) is 0. The fourth-order valence-corrected chi connectivity index (χ4v) is 2.29. The molecule has 0 aliphatic carbocycles. The predicted octanol–water partition coefficient (Wildman–Crippen LogP) is 2.67. The van der Waals surface area contributed by atoms with Crippen molar-refractivity contribution in [2.45, 2.75) is 6.92 Å². The van der Waals surface area contributed by atoms with Crippen LogP contribution in [0.2, 0.25) is 0 Å². The normalized spacial score (nSPS) is 12.4. The molecule has 0 radical (unpaired) electrons. The van der Waals surface area contributed by atoms with Crippen LogP contribution in [0, 0.1) is 0 Å². The molecule has 0 saturated heterocycles. The molecule has 0 fully saturated rings. The summed E-state index contributed by atoms with van der Waals surface area (Å²) in [6, 6.07) is 12.1. The number of benzene rings is 2. The number of hydrogen-bond acceptors (Lipinski definition) is 4. The van der Waals surface area contributed by atoms with Crippen molar-refractivity contribution < 1.29 is 19.1 Å². The zero-order valence-electron chi connectivity index (χ0n) is 12.6. The quantitative estimate of drug-likeness (QED) is 0.913. The third-order valence-corrected chi connectivity index (χ3v) is 3.27. The Kier molecular flexibility index (Phi) is 4.14. The zero-order valence-corrected chi connectivity index (χ0v) is 12.6. The summed E-state index contributed by atoms with van der Waals surface area (Å²) >= 11 is 0. The van der Waals surface area contributed by atoms with Crippen LogP contribution in [0.3, 0.4) is 0 Å². The predicted molar refractivity (Wildman–Crippen MR) is 86.1 cm³/mol. The molecule has 118 valence electrons. The van der Waals surface area contributed by atoms with Crippen LogP contribution in [0.5, 0.6) is 11.5 Å². The van der Waals surface area contributed by atoms with Gasteiger partial charge in [0.1, 0.15) is 13.2 Å². The molecule has 2 aromatic rings. The van der Waals surface area contributed by atoms with E-state index in [0.29, 0.717) is 41.7 Å². The van der Waals surface area contributed by atoms with Crippen LogP contribution >= 0.6 is 0 Å². The summed E-state index contributed by atoms with van der Waals surface area (Å²) in [5.41, 5.74) is 1.72. The fourth-order valence-electron chi connectivity index (χ4n) is 2.29. The number of anilines is 2. The number of carbonyl (C=O) groups excluding carboxylic acids is 2. The van der Waals surface area contributed by atoms with Crippen molar-refractivity contribution in [1.29, 1.82) is 0 Å². The van der Waals surface area contributed by atoms with Crippen molar-refractivity contribution in [1.82, 2.24) is 0 Å². The average Bonchev–Trinajstić information content (AvgIpc) is 2.55. The van der Waals surface area contributed by atoms with E-state index < -0.39 is 0 Å². The molecule has 0 unspecified atom stereocenters. The second-order valence-electron chi connectivity index (χ2n) is 5.04. The Hall–Kier alpha value is -3.02. The van der Waals surface area contributed by atoms with Crippen molar-refractivity contribution in [3.63, 3.8) is 0 Å². The number of hydrogen-bond donors (Lipinski definition) is 2. The fraction of sp³-hybridized carbons (Fsp3) is 0.176. The Bertz CT molecular complexity index is 741. The molecule has 0 aromatic heterocycles. The molecule has 0 spiro atoms. The van der Waals surface area contributed by atoms with Gasteiger partial charge in [0, 0.05) is 18.3 Å². The van der Waals surface area contributed by atoms with E-state index in [4.69, 9.17) is 9.47 Å². The van der Waals surface area contributed by atoms with Crippen LogP contribution in [0.25, 0.3) is 0 Å². The van der Waals surface area contributed by atoms with Crippen molar-refractivity contribution >= 4 is 23.2 Å². The maximum atomic E-state index is 12.4. The highest BCUT2D eigenvalue weighted by atomic mass is 16.6. The molecule has 1 heterocycles. The molecular weight excluding hydrogens is 296 g/mol. The summed E-state index contributed by atoms with van der Waals surface area (Å²) < 4.78 is 11.0. The van der Waals surface area contributed by atoms with Crippen LogP contribution in [0.4, 0.5) is 11.4 Å². The molecule has 0 saturated carbocycles. The smallest absolute Gasteiger partial charge is 0.259 e. The standard InChI is InChI=1S/C17H16N2O4/c1-11(20)18-12-5-7-13(8-6-12)19-17(21)14-3-2-4-15-16(14)23-10-9-22-15/h2-8H,9-10H2,1H3,(H,18,20)(H,19,21). The van der Waals surface area contributed by atoms with Crippen molar-refractivity contribution in [2.75, 3.05) is 23.8 Å². The van der Waals surface area contributed by atoms with Crippen LogP contribution in [-0.2, 0) is 4.79 Å². The number of para-hydroxylation sites is 1. The topological polar surface area (TPSA) is 76.7 Å². The Morgan fingerprint density at radius 3 is 2.26 bits per heavy atom. The number of carbonyl (C=O) groups is 2. The molecule has 0 bridgehead atoms. The number of amides is 2. The number of fused-ring (bicyclic) bond motifs is 1. The van der Waals surface area contributed by atoms with Gasteiger partial charge < -0.3 is 20.1 Å². The van der Waals surface area contributed by atoms with Gasteiger partial charge in [-0.25, -0.2) is 0 Å². The highest BCUT2D eigenvalue weighted by Crippen LogP contribution is 2.34. The van der Waals surface area contributed by atoms with Gasteiger partial charge in [0.05, 0.1) is 5.56 Å². The van der Waals surface area contributed by atoms with Gasteiger partial charge in [-0.15, -0.1) is 0 Å². The van der Waals surface area contributed by atoms with Gasteiger partial charge in [-0.1, -0.05) is 6.07 Å². The van der Waals surface area contributed by atoms with E-state index in [1.165, 1.54) is 6.92 Å². The third-order valence-electron chi connectivity index (χ3n) is 3.27. The monoisotopic (exact) mass is 312 g/mol. The minimum Gasteiger partial charge on any atom is -0.486 e. The maximum absolute atomic E-state index is 12.4. The van der Waals surface area contributed by atoms with Gasteiger partial charge in [-0.3, -0.25) is 9.59 Å². The van der Waals surface area contributed by atoms with Gasteiger partial charge in [-0.2, -0.15) is 0 Å². The van der Waals surface area contributed by atoms with E-state index in [-0.39, 0.29) is 11.8 Å². The average molecular weight is 312 g/mol. The molecule has 2 aromatic carbocycles. The van der Waals surface area contributed by atoms with Crippen LogP contribution < -0.4 is 20.1 Å². The third kappa shape index (κ3) is 3.42. The van der Waals surface area contributed by atoms with Crippen LogP contribution in [0.1, 0.15) is 17.3 Å². The van der Waals surface area contributed by atoms with Crippen molar-refractivity contribution in [3.05, 3.63) is 48.0 Å². The van der Waals surface area contributed by atoms with Gasteiger partial charge >= 0.3 is 0 Å². The first kappa shape index (κ1) is 14.9. The lowest BCUT2D eigenvalue weighted by atomic mass is 10.1. The van der Waals surface area contributed by atoms with Crippen LogP contribution in [0.15, 0.2) is 42.5 Å². The second-order valence-corrected chi connectivity index (χ2v) is 5.04. The van der Waals surface area contributed by atoms with Gasteiger partial charge in [0.15, 0.2) is 11.5 Å². The highest BCUT2D eigenvalue weighted by Gasteiger charge is 2.20. The lowest BCUT2D eigenvalue weighted by Gasteiger charge is -2.20. The van der Waals surface area contributed by atoms with E-state index >= 15 is 0 Å². The van der Waals surface area contributed by atoms with Gasteiger partial charge in [0.25, 0.3) is 5.91 Å². The number of nitrogens with one attached hydrogen (secondary N) is 2. The second kappa shape index (κ2) is 6.39.